The maximum atomic E-state index is 11.3. The number of carbonyl (C=O) groups excluding carboxylic acids is 2. The second kappa shape index (κ2) is 9.46. The van der Waals surface area contributed by atoms with Gasteiger partial charge in [0.25, 0.3) is 0 Å². The average Bonchev–Trinajstić information content (AvgIpc) is 2.37. The lowest BCUT2D eigenvalue weighted by Crippen LogP contribution is -1.97. The number of Topliss-reactive ketones (excluding diaryl/α,β-unsaturated/α-hetero) is 1. The first-order valence-electron chi connectivity index (χ1n) is 5.80. The number of aromatic nitrogens is 1. The number of hydrogen-bond acceptors (Lipinski definition) is 3. The van der Waals surface area contributed by atoms with E-state index in [9.17, 15) is 9.59 Å². The normalized spacial score (nSPS) is 9.59. The predicted octanol–water partition coefficient (Wildman–Crippen LogP) is 3.06. The molecule has 0 atom stereocenters. The van der Waals surface area contributed by atoms with Crippen molar-refractivity contribution in [2.75, 3.05) is 0 Å². The van der Waals surface area contributed by atoms with Gasteiger partial charge in [-0.1, -0.05) is 19.9 Å². The topological polar surface area (TPSA) is 47.0 Å². The predicted molar refractivity (Wildman–Crippen MR) is 69.5 cm³/mol. The zero-order valence-corrected chi connectivity index (χ0v) is 10.6. The van der Waals surface area contributed by atoms with Crippen molar-refractivity contribution in [3.63, 3.8) is 0 Å². The number of allylic oxidation sites excluding steroid dienone is 1. The molecule has 0 saturated heterocycles. The summed E-state index contributed by atoms with van der Waals surface area (Å²) >= 11 is 0. The average molecular weight is 233 g/mol. The highest BCUT2D eigenvalue weighted by Crippen LogP contribution is 1.99. The van der Waals surface area contributed by atoms with E-state index in [2.05, 4.69) is 4.98 Å². The van der Waals surface area contributed by atoms with Crippen LogP contribution in [0, 0.1) is 0 Å². The van der Waals surface area contributed by atoms with Crippen LogP contribution in [0.3, 0.4) is 0 Å². The van der Waals surface area contributed by atoms with Gasteiger partial charge < -0.3 is 4.79 Å². The lowest BCUT2D eigenvalue weighted by Gasteiger charge is -1.92. The molecule has 0 radical (unpaired) electrons. The molecule has 0 aliphatic rings. The van der Waals surface area contributed by atoms with Crippen molar-refractivity contribution in [2.24, 2.45) is 0 Å². The summed E-state index contributed by atoms with van der Waals surface area (Å²) in [7, 11) is 0. The van der Waals surface area contributed by atoms with Gasteiger partial charge in [-0.25, -0.2) is 0 Å². The third-order valence-corrected chi connectivity index (χ3v) is 1.85. The quantitative estimate of drug-likeness (QED) is 0.734. The molecule has 1 aromatic heterocycles. The van der Waals surface area contributed by atoms with E-state index in [0.29, 0.717) is 6.42 Å². The number of rotatable bonds is 5. The number of pyridine rings is 1. The third kappa shape index (κ3) is 8.08. The van der Waals surface area contributed by atoms with Gasteiger partial charge in [0.2, 0.25) is 0 Å². The minimum absolute atomic E-state index is 0.0367. The molecule has 0 N–H and O–H groups in total. The van der Waals surface area contributed by atoms with Crippen LogP contribution in [0.25, 0.3) is 6.08 Å². The number of nitrogens with zero attached hydrogens (tertiary/aromatic N) is 1. The Morgan fingerprint density at radius 3 is 2.47 bits per heavy atom. The Morgan fingerprint density at radius 2 is 1.94 bits per heavy atom. The Labute approximate surface area is 103 Å². The molecule has 3 heteroatoms. The van der Waals surface area contributed by atoms with Crippen LogP contribution in [0.2, 0.25) is 0 Å². The first-order chi connectivity index (χ1) is 8.18. The zero-order valence-electron chi connectivity index (χ0n) is 10.6. The maximum absolute atomic E-state index is 11.3. The van der Waals surface area contributed by atoms with Crippen molar-refractivity contribution in [2.45, 2.75) is 33.6 Å². The lowest BCUT2D eigenvalue weighted by atomic mass is 10.1. The van der Waals surface area contributed by atoms with Crippen molar-refractivity contribution in [3.8, 4) is 0 Å². The Bertz CT molecular complexity index is 369. The molecule has 0 spiro atoms. The fraction of sp³-hybridized carbons (Fsp3) is 0.357. The molecular formula is C14H19NO2. The molecule has 0 aliphatic heterocycles. The molecule has 92 valence electrons. The van der Waals surface area contributed by atoms with Gasteiger partial charge in [-0.2, -0.15) is 0 Å². The summed E-state index contributed by atoms with van der Waals surface area (Å²) in [5.74, 6) is -0.00885. The van der Waals surface area contributed by atoms with Crippen LogP contribution >= 0.6 is 0 Å². The van der Waals surface area contributed by atoms with Crippen LogP contribution in [0.15, 0.2) is 30.5 Å². The van der Waals surface area contributed by atoms with Gasteiger partial charge in [-0.15, -0.1) is 0 Å². The van der Waals surface area contributed by atoms with Gasteiger partial charge in [0.15, 0.2) is 5.78 Å². The van der Waals surface area contributed by atoms with E-state index in [0.717, 1.165) is 5.69 Å². The van der Waals surface area contributed by atoms with Crippen LogP contribution in [0.4, 0.5) is 0 Å². The summed E-state index contributed by atoms with van der Waals surface area (Å²) in [6, 6.07) is 5.48. The minimum atomic E-state index is -0.0455. The first-order valence-corrected chi connectivity index (χ1v) is 5.80. The molecule has 0 aromatic carbocycles. The monoisotopic (exact) mass is 233 g/mol. The standard InChI is InChI=1S/C12H13NO2.C2H6/c1-10(14)5-7-12(15)8-6-11-4-2-3-9-13-11;1-2/h2-4,6,8-9H,5,7H2,1H3;1-2H3/b8-6+;. The molecule has 0 aliphatic carbocycles. The summed E-state index contributed by atoms with van der Waals surface area (Å²) in [4.78, 5) is 25.9. The van der Waals surface area contributed by atoms with E-state index in [1.807, 2.05) is 32.0 Å². The van der Waals surface area contributed by atoms with E-state index in [1.165, 1.54) is 13.0 Å². The van der Waals surface area contributed by atoms with Crippen molar-refractivity contribution >= 4 is 17.6 Å². The summed E-state index contributed by atoms with van der Waals surface area (Å²) in [5.41, 5.74) is 0.744. The number of carbonyl (C=O) groups is 2. The maximum Gasteiger partial charge on any atom is 0.156 e. The molecule has 0 fully saturated rings. The summed E-state index contributed by atoms with van der Waals surface area (Å²) < 4.78 is 0. The van der Waals surface area contributed by atoms with Crippen molar-refractivity contribution in [1.82, 2.24) is 4.98 Å². The van der Waals surface area contributed by atoms with Crippen molar-refractivity contribution in [1.29, 1.82) is 0 Å². The fourth-order valence-corrected chi connectivity index (χ4v) is 1.04. The van der Waals surface area contributed by atoms with Gasteiger partial charge >= 0.3 is 0 Å². The highest BCUT2D eigenvalue weighted by Gasteiger charge is 1.99. The third-order valence-electron chi connectivity index (χ3n) is 1.85. The summed E-state index contributed by atoms with van der Waals surface area (Å²) in [6.07, 6.45) is 5.37. The van der Waals surface area contributed by atoms with E-state index in [1.54, 1.807) is 12.3 Å². The Morgan fingerprint density at radius 1 is 1.24 bits per heavy atom. The van der Waals surface area contributed by atoms with Crippen molar-refractivity contribution in [3.05, 3.63) is 36.2 Å². The molecule has 0 amide bonds. The van der Waals surface area contributed by atoms with Crippen LogP contribution < -0.4 is 0 Å². The summed E-state index contributed by atoms with van der Waals surface area (Å²) in [6.45, 7) is 5.48. The van der Waals surface area contributed by atoms with Crippen LogP contribution in [-0.4, -0.2) is 16.6 Å². The fourth-order valence-electron chi connectivity index (χ4n) is 1.04. The van der Waals surface area contributed by atoms with Gasteiger partial charge in [0.1, 0.15) is 5.78 Å². The number of ketones is 2. The van der Waals surface area contributed by atoms with Crippen LogP contribution in [-0.2, 0) is 9.59 Å². The first kappa shape index (κ1) is 15.2. The highest BCUT2D eigenvalue weighted by molar-refractivity contribution is 5.95. The van der Waals surface area contributed by atoms with Crippen LogP contribution in [0.5, 0.6) is 0 Å². The SMILES string of the molecule is CC.CC(=O)CCC(=O)/C=C/c1ccccn1. The van der Waals surface area contributed by atoms with E-state index in [-0.39, 0.29) is 18.0 Å². The van der Waals surface area contributed by atoms with E-state index in [4.69, 9.17) is 0 Å². The number of hydrogen-bond donors (Lipinski definition) is 0. The minimum Gasteiger partial charge on any atom is -0.300 e. The van der Waals surface area contributed by atoms with Gasteiger partial charge in [0.05, 0.1) is 5.69 Å². The zero-order chi connectivity index (χ0) is 13.1. The summed E-state index contributed by atoms with van der Waals surface area (Å²) in [5, 5.41) is 0. The Balaban J connectivity index is 0.00000121. The molecule has 17 heavy (non-hydrogen) atoms. The molecule has 0 unspecified atom stereocenters. The second-order valence-corrected chi connectivity index (χ2v) is 3.26. The lowest BCUT2D eigenvalue weighted by molar-refractivity contribution is -0.120. The van der Waals surface area contributed by atoms with Crippen LogP contribution in [0.1, 0.15) is 39.3 Å². The highest BCUT2D eigenvalue weighted by atomic mass is 16.1. The Kier molecular flexibility index (Phi) is 8.47. The van der Waals surface area contributed by atoms with Gasteiger partial charge in [-0.05, 0) is 31.2 Å². The molecular weight excluding hydrogens is 214 g/mol. The van der Waals surface area contributed by atoms with E-state index >= 15 is 0 Å². The molecule has 0 bridgehead atoms. The molecule has 1 aromatic rings. The molecule has 3 nitrogen and oxygen atoms in total. The molecule has 1 heterocycles. The Hall–Kier alpha value is -1.77. The van der Waals surface area contributed by atoms with Gasteiger partial charge in [0, 0.05) is 19.0 Å². The smallest absolute Gasteiger partial charge is 0.156 e. The van der Waals surface area contributed by atoms with Crippen molar-refractivity contribution < 1.29 is 9.59 Å². The largest absolute Gasteiger partial charge is 0.300 e. The second-order valence-electron chi connectivity index (χ2n) is 3.26. The van der Waals surface area contributed by atoms with Gasteiger partial charge in [-0.3, -0.25) is 9.78 Å². The molecule has 1 rings (SSSR count). The van der Waals surface area contributed by atoms with E-state index < -0.39 is 0 Å². The molecule has 0 saturated carbocycles.